The second-order valence-corrected chi connectivity index (χ2v) is 3.45. The van der Waals surface area contributed by atoms with Gasteiger partial charge in [-0.2, -0.15) is 0 Å². The van der Waals surface area contributed by atoms with Crippen LogP contribution in [0.2, 0.25) is 0 Å². The summed E-state index contributed by atoms with van der Waals surface area (Å²) in [6.07, 6.45) is 9.61. The van der Waals surface area contributed by atoms with E-state index in [2.05, 4.69) is 4.98 Å². The first-order valence-electron chi connectivity index (χ1n) is 4.81. The molecular formula is C12H12FN. The Hall–Kier alpha value is -1.44. The molecule has 1 aromatic heterocycles. The summed E-state index contributed by atoms with van der Waals surface area (Å²) in [5, 5.41) is 0. The van der Waals surface area contributed by atoms with Crippen LogP contribution in [0.4, 0.5) is 4.39 Å². The van der Waals surface area contributed by atoms with Crippen LogP contribution < -0.4 is 0 Å². The van der Waals surface area contributed by atoms with Gasteiger partial charge in [0.1, 0.15) is 5.83 Å². The first-order valence-corrected chi connectivity index (χ1v) is 4.81. The third-order valence-corrected chi connectivity index (χ3v) is 2.26. The van der Waals surface area contributed by atoms with Gasteiger partial charge < -0.3 is 0 Å². The van der Waals surface area contributed by atoms with E-state index in [4.69, 9.17) is 0 Å². The molecule has 2 heteroatoms. The zero-order valence-corrected chi connectivity index (χ0v) is 7.91. The van der Waals surface area contributed by atoms with Gasteiger partial charge in [0.2, 0.25) is 0 Å². The average molecular weight is 189 g/mol. The molecule has 2 rings (SSSR count). The van der Waals surface area contributed by atoms with Crippen molar-refractivity contribution in [2.45, 2.75) is 19.3 Å². The largest absolute Gasteiger partial charge is 0.264 e. The zero-order valence-electron chi connectivity index (χ0n) is 7.91. The number of pyridine rings is 1. The molecule has 1 nitrogen and oxygen atoms in total. The maximum atomic E-state index is 12.9. The van der Waals surface area contributed by atoms with E-state index in [0.29, 0.717) is 6.42 Å². The van der Waals surface area contributed by atoms with Crippen LogP contribution in [0.25, 0.3) is 6.08 Å². The minimum atomic E-state index is -0.00797. The van der Waals surface area contributed by atoms with Crippen molar-refractivity contribution in [1.29, 1.82) is 0 Å². The first-order chi connectivity index (χ1) is 6.84. The third kappa shape index (κ3) is 2.28. The van der Waals surface area contributed by atoms with E-state index >= 15 is 0 Å². The van der Waals surface area contributed by atoms with Gasteiger partial charge in [0, 0.05) is 12.4 Å². The lowest BCUT2D eigenvalue weighted by molar-refractivity contribution is 0.558. The molecule has 1 heterocycles. The van der Waals surface area contributed by atoms with Crippen molar-refractivity contribution in [1.82, 2.24) is 4.98 Å². The average Bonchev–Trinajstić information content (AvgIpc) is 2.19. The minimum Gasteiger partial charge on any atom is -0.264 e. The van der Waals surface area contributed by atoms with Crippen molar-refractivity contribution in [2.75, 3.05) is 0 Å². The van der Waals surface area contributed by atoms with Crippen LogP contribution in [0.1, 0.15) is 24.8 Å². The number of aromatic nitrogens is 1. The maximum absolute atomic E-state index is 12.9. The van der Waals surface area contributed by atoms with Crippen LogP contribution in [0.5, 0.6) is 0 Å². The van der Waals surface area contributed by atoms with Crippen LogP contribution in [0.15, 0.2) is 42.0 Å². The molecule has 0 N–H and O–H groups in total. The van der Waals surface area contributed by atoms with Gasteiger partial charge in [0.05, 0.1) is 0 Å². The van der Waals surface area contributed by atoms with Crippen molar-refractivity contribution in [3.63, 3.8) is 0 Å². The van der Waals surface area contributed by atoms with Crippen LogP contribution in [-0.4, -0.2) is 4.98 Å². The molecule has 0 atom stereocenters. The van der Waals surface area contributed by atoms with Gasteiger partial charge in [0.15, 0.2) is 0 Å². The van der Waals surface area contributed by atoms with E-state index in [9.17, 15) is 4.39 Å². The summed E-state index contributed by atoms with van der Waals surface area (Å²) < 4.78 is 12.9. The van der Waals surface area contributed by atoms with E-state index in [1.165, 1.54) is 0 Å². The van der Waals surface area contributed by atoms with Crippen LogP contribution in [-0.2, 0) is 0 Å². The summed E-state index contributed by atoms with van der Waals surface area (Å²) in [6.45, 7) is 0. The van der Waals surface area contributed by atoms with Crippen molar-refractivity contribution in [3.8, 4) is 0 Å². The van der Waals surface area contributed by atoms with Gasteiger partial charge in [-0.15, -0.1) is 0 Å². The number of hydrogen-bond acceptors (Lipinski definition) is 1. The Morgan fingerprint density at radius 2 is 2.29 bits per heavy atom. The third-order valence-electron chi connectivity index (χ3n) is 2.26. The van der Waals surface area contributed by atoms with Crippen LogP contribution >= 0.6 is 0 Å². The Kier molecular flexibility index (Phi) is 2.73. The van der Waals surface area contributed by atoms with Gasteiger partial charge in [-0.25, -0.2) is 4.39 Å². The number of halogens is 1. The summed E-state index contributed by atoms with van der Waals surface area (Å²) in [6, 6.07) is 3.86. The second-order valence-electron chi connectivity index (χ2n) is 3.45. The van der Waals surface area contributed by atoms with E-state index in [-0.39, 0.29) is 5.83 Å². The molecule has 0 saturated carbocycles. The molecule has 72 valence electrons. The SMILES string of the molecule is FC1=CC(=Cc2cccnc2)CCC1. The van der Waals surface area contributed by atoms with Gasteiger partial charge >= 0.3 is 0 Å². The second kappa shape index (κ2) is 4.18. The molecule has 0 spiro atoms. The van der Waals surface area contributed by atoms with Crippen molar-refractivity contribution >= 4 is 6.08 Å². The summed E-state index contributed by atoms with van der Waals surface area (Å²) in [4.78, 5) is 4.01. The highest BCUT2D eigenvalue weighted by molar-refractivity contribution is 5.55. The minimum absolute atomic E-state index is 0.00797. The summed E-state index contributed by atoms with van der Waals surface area (Å²) >= 11 is 0. The van der Waals surface area contributed by atoms with Gasteiger partial charge in [-0.05, 0) is 42.5 Å². The topological polar surface area (TPSA) is 12.9 Å². The molecule has 0 amide bonds. The molecule has 0 radical (unpaired) electrons. The zero-order chi connectivity index (χ0) is 9.80. The van der Waals surface area contributed by atoms with Gasteiger partial charge in [0.25, 0.3) is 0 Å². The molecular weight excluding hydrogens is 177 g/mol. The predicted molar refractivity (Wildman–Crippen MR) is 55.3 cm³/mol. The fourth-order valence-corrected chi connectivity index (χ4v) is 1.60. The smallest absolute Gasteiger partial charge is 0.100 e. The predicted octanol–water partition coefficient (Wildman–Crippen LogP) is 3.50. The Labute approximate surface area is 83.0 Å². The van der Waals surface area contributed by atoms with E-state index in [1.807, 2.05) is 18.2 Å². The van der Waals surface area contributed by atoms with Crippen LogP contribution in [0.3, 0.4) is 0 Å². The Morgan fingerprint density at radius 1 is 1.36 bits per heavy atom. The standard InChI is InChI=1S/C12H12FN/c13-12-5-1-3-10(8-12)7-11-4-2-6-14-9-11/h2,4,6-9H,1,3,5H2. The summed E-state index contributed by atoms with van der Waals surface area (Å²) in [7, 11) is 0. The normalized spacial score (nSPS) is 19.5. The lowest BCUT2D eigenvalue weighted by Crippen LogP contribution is -1.90. The highest BCUT2D eigenvalue weighted by Gasteiger charge is 2.06. The van der Waals surface area contributed by atoms with E-state index < -0.39 is 0 Å². The molecule has 0 bridgehead atoms. The van der Waals surface area contributed by atoms with E-state index in [1.54, 1.807) is 18.5 Å². The fraction of sp³-hybridized carbons (Fsp3) is 0.250. The molecule has 14 heavy (non-hydrogen) atoms. The molecule has 1 aromatic rings. The number of nitrogens with zero attached hydrogens (tertiary/aromatic N) is 1. The number of allylic oxidation sites excluding steroid dienone is 3. The van der Waals surface area contributed by atoms with Gasteiger partial charge in [-0.3, -0.25) is 4.98 Å². The molecule has 0 unspecified atom stereocenters. The molecule has 1 aliphatic rings. The number of rotatable bonds is 1. The Bertz CT molecular complexity index is 365. The van der Waals surface area contributed by atoms with E-state index in [0.717, 1.165) is 24.0 Å². The quantitative estimate of drug-likeness (QED) is 0.658. The Morgan fingerprint density at radius 3 is 3.00 bits per heavy atom. The summed E-state index contributed by atoms with van der Waals surface area (Å²) in [5.74, 6) is -0.00797. The van der Waals surface area contributed by atoms with Crippen molar-refractivity contribution < 1.29 is 4.39 Å². The lowest BCUT2D eigenvalue weighted by atomic mass is 9.99. The number of hydrogen-bond donors (Lipinski definition) is 0. The highest BCUT2D eigenvalue weighted by Crippen LogP contribution is 2.24. The molecule has 0 aliphatic heterocycles. The van der Waals surface area contributed by atoms with Gasteiger partial charge in [-0.1, -0.05) is 12.1 Å². The fourth-order valence-electron chi connectivity index (χ4n) is 1.60. The highest BCUT2D eigenvalue weighted by atomic mass is 19.1. The molecule has 1 aliphatic carbocycles. The molecule has 0 aromatic carbocycles. The lowest BCUT2D eigenvalue weighted by Gasteiger charge is -2.08. The molecule has 0 fully saturated rings. The van der Waals surface area contributed by atoms with Crippen molar-refractivity contribution in [3.05, 3.63) is 47.6 Å². The first kappa shape index (κ1) is 9.13. The van der Waals surface area contributed by atoms with Crippen LogP contribution in [0, 0.1) is 0 Å². The Balaban J connectivity index is 2.23. The molecule has 0 saturated heterocycles. The summed E-state index contributed by atoms with van der Waals surface area (Å²) in [5.41, 5.74) is 2.09. The monoisotopic (exact) mass is 189 g/mol. The maximum Gasteiger partial charge on any atom is 0.100 e. The van der Waals surface area contributed by atoms with Crippen molar-refractivity contribution in [2.24, 2.45) is 0 Å².